The number of hydrogen-bond acceptors (Lipinski definition) is 4. The summed E-state index contributed by atoms with van der Waals surface area (Å²) >= 11 is 0. The average Bonchev–Trinajstić information content (AvgIpc) is 2.78. The molecule has 0 aliphatic rings. The smallest absolute Gasteiger partial charge is 0.376 e. The Morgan fingerprint density at radius 3 is 1.17 bits per heavy atom. The molecule has 0 aromatic heterocycles. The van der Waals surface area contributed by atoms with Crippen LogP contribution in [0.5, 0.6) is 0 Å². The lowest BCUT2D eigenvalue weighted by molar-refractivity contribution is 0.106. The van der Waals surface area contributed by atoms with Gasteiger partial charge >= 0.3 is 8.80 Å². The van der Waals surface area contributed by atoms with Crippen LogP contribution < -0.4 is 5.32 Å². The van der Waals surface area contributed by atoms with E-state index in [4.69, 9.17) is 13.3 Å². The Balaban J connectivity index is 3.40. The highest BCUT2D eigenvalue weighted by molar-refractivity contribution is 6.62. The molecule has 0 aliphatic heterocycles. The van der Waals surface area contributed by atoms with Crippen molar-refractivity contribution in [3.05, 3.63) is 0 Å². The van der Waals surface area contributed by atoms with Crippen molar-refractivity contribution in [2.45, 2.75) is 135 Å². The van der Waals surface area contributed by atoms with Crippen LogP contribution in [-0.4, -0.2) is 42.3 Å². The van der Waals surface area contributed by atoms with Gasteiger partial charge in [-0.1, -0.05) is 117 Å². The van der Waals surface area contributed by atoms with Crippen molar-refractivity contribution in [3.63, 3.8) is 0 Å². The van der Waals surface area contributed by atoms with E-state index >= 15 is 0 Å². The molecular formula is C25H55NO3Si. The topological polar surface area (TPSA) is 39.7 Å². The molecule has 1 atom stereocenters. The Hall–Kier alpha value is 0.0569. The molecule has 0 rings (SSSR count). The lowest BCUT2D eigenvalue weighted by Crippen LogP contribution is -2.60. The monoisotopic (exact) mass is 445 g/mol. The molecule has 30 heavy (non-hydrogen) atoms. The first-order chi connectivity index (χ1) is 14.7. The van der Waals surface area contributed by atoms with Crippen LogP contribution in [0.25, 0.3) is 0 Å². The van der Waals surface area contributed by atoms with Gasteiger partial charge in [0.2, 0.25) is 0 Å². The molecule has 1 N–H and O–H groups in total. The summed E-state index contributed by atoms with van der Waals surface area (Å²) < 4.78 is 16.8. The van der Waals surface area contributed by atoms with Gasteiger partial charge in [-0.05, 0) is 19.4 Å². The van der Waals surface area contributed by atoms with Crippen molar-refractivity contribution in [2.24, 2.45) is 0 Å². The summed E-state index contributed by atoms with van der Waals surface area (Å²) in [5.74, 6) is 0. The lowest BCUT2D eigenvalue weighted by atomic mass is 10.0. The minimum atomic E-state index is -2.57. The molecule has 0 spiro atoms. The molecular weight excluding hydrogens is 390 g/mol. The zero-order chi connectivity index (χ0) is 22.3. The van der Waals surface area contributed by atoms with Gasteiger partial charge in [-0.15, -0.1) is 0 Å². The zero-order valence-corrected chi connectivity index (χ0v) is 22.2. The van der Waals surface area contributed by atoms with Gasteiger partial charge < -0.3 is 18.6 Å². The van der Waals surface area contributed by atoms with E-state index in [0.717, 1.165) is 13.0 Å². The maximum absolute atomic E-state index is 5.61. The van der Waals surface area contributed by atoms with Crippen molar-refractivity contribution in [1.29, 1.82) is 0 Å². The van der Waals surface area contributed by atoms with Crippen molar-refractivity contribution >= 4 is 8.80 Å². The third-order valence-electron chi connectivity index (χ3n) is 6.36. The first-order valence-corrected chi connectivity index (χ1v) is 14.9. The van der Waals surface area contributed by atoms with Crippen LogP contribution in [0.15, 0.2) is 0 Å². The molecule has 0 bridgehead atoms. The first kappa shape index (κ1) is 30.1. The second-order valence-electron chi connectivity index (χ2n) is 8.79. The van der Waals surface area contributed by atoms with E-state index < -0.39 is 8.80 Å². The predicted octanol–water partition coefficient (Wildman–Crippen LogP) is 7.42. The van der Waals surface area contributed by atoms with Crippen molar-refractivity contribution in [2.75, 3.05) is 27.9 Å². The second-order valence-corrected chi connectivity index (χ2v) is 11.9. The van der Waals surface area contributed by atoms with Crippen LogP contribution in [0.3, 0.4) is 0 Å². The van der Waals surface area contributed by atoms with E-state index in [1.165, 1.54) is 109 Å². The standard InChI is InChI=1S/C25H55NO3Si/c1-6-8-9-10-11-12-13-14-15-16-17-18-19-20-21-22-23-24-26-25(7-2)30(27-3,28-4)29-5/h25-26H,6-24H2,1-5H3. The molecule has 0 heterocycles. The number of rotatable bonds is 24. The van der Waals surface area contributed by atoms with E-state index in [1.54, 1.807) is 21.3 Å². The van der Waals surface area contributed by atoms with Crippen LogP contribution >= 0.6 is 0 Å². The van der Waals surface area contributed by atoms with Gasteiger partial charge in [0.25, 0.3) is 0 Å². The quantitative estimate of drug-likeness (QED) is 0.124. The molecule has 5 heteroatoms. The van der Waals surface area contributed by atoms with Gasteiger partial charge in [0.05, 0.1) is 5.67 Å². The fraction of sp³-hybridized carbons (Fsp3) is 1.00. The molecule has 0 amide bonds. The molecule has 0 saturated carbocycles. The van der Waals surface area contributed by atoms with Gasteiger partial charge in [-0.3, -0.25) is 0 Å². The SMILES string of the molecule is CCCCCCCCCCCCCCCCCCCNC(CC)[Si](OC)(OC)OC. The maximum Gasteiger partial charge on any atom is 0.517 e. The highest BCUT2D eigenvalue weighted by atomic mass is 28.4. The van der Waals surface area contributed by atoms with Gasteiger partial charge in [-0.2, -0.15) is 0 Å². The maximum atomic E-state index is 5.61. The zero-order valence-electron chi connectivity index (χ0n) is 21.2. The van der Waals surface area contributed by atoms with Crippen LogP contribution in [0, 0.1) is 0 Å². The summed E-state index contributed by atoms with van der Waals surface area (Å²) in [5.41, 5.74) is 0.179. The van der Waals surface area contributed by atoms with Crippen LogP contribution in [-0.2, 0) is 13.3 Å². The first-order valence-electron chi connectivity index (χ1n) is 13.1. The number of nitrogens with one attached hydrogen (secondary N) is 1. The van der Waals surface area contributed by atoms with Crippen molar-refractivity contribution in [3.8, 4) is 0 Å². The fourth-order valence-corrected chi connectivity index (χ4v) is 6.57. The Morgan fingerprint density at radius 2 is 0.867 bits per heavy atom. The number of hydrogen-bond donors (Lipinski definition) is 1. The third kappa shape index (κ3) is 15.0. The summed E-state index contributed by atoms with van der Waals surface area (Å²) in [7, 11) is 2.51. The Bertz CT molecular complexity index is 332. The number of unbranched alkanes of at least 4 members (excludes halogenated alkanes) is 16. The Labute approximate surface area is 190 Å². The molecule has 0 aromatic rings. The van der Waals surface area contributed by atoms with Crippen LogP contribution in [0.4, 0.5) is 0 Å². The van der Waals surface area contributed by atoms with Crippen LogP contribution in [0.2, 0.25) is 0 Å². The van der Waals surface area contributed by atoms with Gasteiger partial charge in [0, 0.05) is 21.3 Å². The predicted molar refractivity (Wildman–Crippen MR) is 133 cm³/mol. The highest BCUT2D eigenvalue weighted by Crippen LogP contribution is 2.16. The lowest BCUT2D eigenvalue weighted by Gasteiger charge is -2.32. The van der Waals surface area contributed by atoms with Crippen molar-refractivity contribution < 1.29 is 13.3 Å². The molecule has 0 radical (unpaired) electrons. The van der Waals surface area contributed by atoms with Gasteiger partial charge in [0.1, 0.15) is 0 Å². The third-order valence-corrected chi connectivity index (χ3v) is 9.53. The molecule has 182 valence electrons. The minimum absolute atomic E-state index is 0.179. The Kier molecular flexibility index (Phi) is 22.3. The van der Waals surface area contributed by atoms with Gasteiger partial charge in [-0.25, -0.2) is 0 Å². The molecule has 0 aliphatic carbocycles. The molecule has 0 aromatic carbocycles. The summed E-state index contributed by atoms with van der Waals surface area (Å²) in [4.78, 5) is 0. The largest absolute Gasteiger partial charge is 0.517 e. The molecule has 0 saturated heterocycles. The minimum Gasteiger partial charge on any atom is -0.376 e. The molecule has 0 fully saturated rings. The van der Waals surface area contributed by atoms with E-state index in [2.05, 4.69) is 19.2 Å². The normalized spacial score (nSPS) is 13.1. The fourth-order valence-electron chi connectivity index (χ4n) is 4.32. The summed E-state index contributed by atoms with van der Waals surface area (Å²) in [5, 5.41) is 3.60. The van der Waals surface area contributed by atoms with E-state index in [1.807, 2.05) is 0 Å². The average molecular weight is 446 g/mol. The summed E-state index contributed by atoms with van der Waals surface area (Å²) in [6.45, 7) is 5.47. The van der Waals surface area contributed by atoms with Crippen molar-refractivity contribution in [1.82, 2.24) is 5.32 Å². The van der Waals surface area contributed by atoms with Crippen LogP contribution in [0.1, 0.15) is 129 Å². The summed E-state index contributed by atoms with van der Waals surface area (Å²) in [6.07, 6.45) is 24.9. The second kappa shape index (κ2) is 22.3. The van der Waals surface area contributed by atoms with E-state index in [9.17, 15) is 0 Å². The summed E-state index contributed by atoms with van der Waals surface area (Å²) in [6, 6.07) is 0. The highest BCUT2D eigenvalue weighted by Gasteiger charge is 2.46. The van der Waals surface area contributed by atoms with E-state index in [-0.39, 0.29) is 5.67 Å². The van der Waals surface area contributed by atoms with Gasteiger partial charge in [0.15, 0.2) is 0 Å². The van der Waals surface area contributed by atoms with E-state index in [0.29, 0.717) is 0 Å². The molecule has 4 nitrogen and oxygen atoms in total. The molecule has 1 unspecified atom stereocenters. The Morgan fingerprint density at radius 1 is 0.533 bits per heavy atom.